The van der Waals surface area contributed by atoms with E-state index in [-0.39, 0.29) is 12.2 Å². The lowest BCUT2D eigenvalue weighted by molar-refractivity contribution is -0.0175. The average Bonchev–Trinajstić information content (AvgIpc) is 2.81. The summed E-state index contributed by atoms with van der Waals surface area (Å²) < 4.78 is 16.1. The van der Waals surface area contributed by atoms with Crippen molar-refractivity contribution < 1.29 is 14.2 Å². The minimum Gasteiger partial charge on any atom is -0.497 e. The first-order valence-electron chi connectivity index (χ1n) is 6.20. The average molecular weight is 251 g/mol. The quantitative estimate of drug-likeness (QED) is 0.854. The minimum atomic E-state index is 0.108. The fourth-order valence-electron chi connectivity index (χ4n) is 2.50. The summed E-state index contributed by atoms with van der Waals surface area (Å²) >= 11 is 0. The molecule has 18 heavy (non-hydrogen) atoms. The molecule has 0 spiro atoms. The Bertz CT molecular complexity index is 366. The van der Waals surface area contributed by atoms with Gasteiger partial charge in [-0.25, -0.2) is 0 Å². The van der Waals surface area contributed by atoms with Crippen LogP contribution in [0, 0.1) is 0 Å². The third-order valence-corrected chi connectivity index (χ3v) is 3.53. The normalized spacial score (nSPS) is 27.4. The summed E-state index contributed by atoms with van der Waals surface area (Å²) in [5.74, 6) is 0.885. The molecular weight excluding hydrogens is 230 g/mol. The first kappa shape index (κ1) is 13.3. The number of hydrogen-bond acceptors (Lipinski definition) is 4. The molecule has 1 heterocycles. The molecule has 0 unspecified atom stereocenters. The zero-order chi connectivity index (χ0) is 13.0. The first-order valence-corrected chi connectivity index (χ1v) is 6.20. The number of methoxy groups -OCH3 is 3. The molecule has 0 radical (unpaired) electrons. The highest BCUT2D eigenvalue weighted by atomic mass is 16.5. The lowest BCUT2D eigenvalue weighted by Crippen LogP contribution is -2.37. The molecule has 1 aliphatic rings. The molecule has 0 aliphatic carbocycles. The zero-order valence-corrected chi connectivity index (χ0v) is 11.2. The van der Waals surface area contributed by atoms with E-state index in [0.717, 1.165) is 18.7 Å². The van der Waals surface area contributed by atoms with Crippen molar-refractivity contribution in [3.63, 3.8) is 0 Å². The van der Waals surface area contributed by atoms with Crippen molar-refractivity contribution in [1.29, 1.82) is 0 Å². The van der Waals surface area contributed by atoms with Crippen LogP contribution in [0.15, 0.2) is 24.3 Å². The van der Waals surface area contributed by atoms with Gasteiger partial charge in [-0.15, -0.1) is 0 Å². The number of hydrogen-bond donors (Lipinski definition) is 1. The number of benzene rings is 1. The van der Waals surface area contributed by atoms with Crippen molar-refractivity contribution in [2.75, 3.05) is 27.9 Å². The van der Waals surface area contributed by atoms with Crippen molar-refractivity contribution in [3.8, 4) is 5.75 Å². The molecule has 4 nitrogen and oxygen atoms in total. The third-order valence-electron chi connectivity index (χ3n) is 3.53. The second-order valence-corrected chi connectivity index (χ2v) is 4.54. The van der Waals surface area contributed by atoms with Crippen LogP contribution in [-0.2, 0) is 15.9 Å². The Kier molecular flexibility index (Phi) is 4.58. The second-order valence-electron chi connectivity index (χ2n) is 4.54. The van der Waals surface area contributed by atoms with Gasteiger partial charge in [-0.2, -0.15) is 0 Å². The first-order chi connectivity index (χ1) is 8.78. The molecule has 0 saturated carbocycles. The van der Waals surface area contributed by atoms with Gasteiger partial charge in [0.25, 0.3) is 0 Å². The second kappa shape index (κ2) is 6.18. The standard InChI is InChI=1S/C14H21NO3/c1-16-11-6-4-10(5-7-11)8-12-14(18-3)13(17-2)9-15-12/h4-7,12-15H,8-9H2,1-3H3/t12-,13+,14+/m1/s1. The van der Waals surface area contributed by atoms with E-state index in [9.17, 15) is 0 Å². The van der Waals surface area contributed by atoms with E-state index in [0.29, 0.717) is 6.04 Å². The van der Waals surface area contributed by atoms with Crippen molar-refractivity contribution >= 4 is 0 Å². The van der Waals surface area contributed by atoms with Gasteiger partial charge in [-0.05, 0) is 24.1 Å². The number of ether oxygens (including phenoxy) is 3. The fourth-order valence-corrected chi connectivity index (χ4v) is 2.50. The van der Waals surface area contributed by atoms with E-state index in [2.05, 4.69) is 17.4 Å². The summed E-state index contributed by atoms with van der Waals surface area (Å²) in [6, 6.07) is 8.45. The summed E-state index contributed by atoms with van der Waals surface area (Å²) in [4.78, 5) is 0. The molecule has 100 valence electrons. The third kappa shape index (κ3) is 2.83. The molecule has 0 aromatic heterocycles. The van der Waals surface area contributed by atoms with Crippen LogP contribution in [-0.4, -0.2) is 46.1 Å². The summed E-state index contributed by atoms with van der Waals surface area (Å²) in [6.45, 7) is 0.843. The van der Waals surface area contributed by atoms with E-state index in [1.165, 1.54) is 5.56 Å². The Hall–Kier alpha value is -1.10. The summed E-state index contributed by atoms with van der Waals surface area (Å²) in [6.07, 6.45) is 1.18. The van der Waals surface area contributed by atoms with Crippen LogP contribution in [0.3, 0.4) is 0 Å². The van der Waals surface area contributed by atoms with Crippen LogP contribution in [0.5, 0.6) is 5.75 Å². The molecule has 1 aliphatic heterocycles. The van der Waals surface area contributed by atoms with E-state index >= 15 is 0 Å². The van der Waals surface area contributed by atoms with Gasteiger partial charge in [0.2, 0.25) is 0 Å². The van der Waals surface area contributed by atoms with E-state index in [1.807, 2.05) is 12.1 Å². The molecular formula is C14H21NO3. The Morgan fingerprint density at radius 1 is 1.11 bits per heavy atom. The molecule has 3 atom stereocenters. The van der Waals surface area contributed by atoms with Crippen molar-refractivity contribution in [3.05, 3.63) is 29.8 Å². The highest BCUT2D eigenvalue weighted by molar-refractivity contribution is 5.28. The molecule has 0 amide bonds. The maximum Gasteiger partial charge on any atom is 0.118 e. The lowest BCUT2D eigenvalue weighted by atomic mass is 10.0. The largest absolute Gasteiger partial charge is 0.497 e. The van der Waals surface area contributed by atoms with Gasteiger partial charge in [0.1, 0.15) is 11.9 Å². The Labute approximate surface area is 108 Å². The van der Waals surface area contributed by atoms with Gasteiger partial charge >= 0.3 is 0 Å². The van der Waals surface area contributed by atoms with Gasteiger partial charge in [0, 0.05) is 26.8 Å². The van der Waals surface area contributed by atoms with Crippen LogP contribution in [0.25, 0.3) is 0 Å². The Morgan fingerprint density at radius 3 is 2.39 bits per heavy atom. The molecule has 1 aromatic carbocycles. The van der Waals surface area contributed by atoms with Crippen molar-refractivity contribution in [2.24, 2.45) is 0 Å². The van der Waals surface area contributed by atoms with Crippen LogP contribution in [0.2, 0.25) is 0 Å². The Morgan fingerprint density at radius 2 is 1.83 bits per heavy atom. The predicted molar refractivity (Wildman–Crippen MR) is 70.1 cm³/mol. The fraction of sp³-hybridized carbons (Fsp3) is 0.571. The zero-order valence-electron chi connectivity index (χ0n) is 11.2. The van der Waals surface area contributed by atoms with Crippen LogP contribution < -0.4 is 10.1 Å². The molecule has 1 fully saturated rings. The van der Waals surface area contributed by atoms with E-state index in [1.54, 1.807) is 21.3 Å². The number of nitrogens with one attached hydrogen (secondary N) is 1. The molecule has 4 heteroatoms. The summed E-state index contributed by atoms with van der Waals surface area (Å²) in [7, 11) is 5.15. The molecule has 1 aromatic rings. The monoisotopic (exact) mass is 251 g/mol. The topological polar surface area (TPSA) is 39.7 Å². The minimum absolute atomic E-state index is 0.108. The SMILES string of the molecule is COc1ccc(C[C@H]2NC[C@H](OC)[C@H]2OC)cc1. The summed E-state index contributed by atoms with van der Waals surface area (Å²) in [5, 5.41) is 3.45. The molecule has 0 bridgehead atoms. The van der Waals surface area contributed by atoms with Gasteiger partial charge in [-0.3, -0.25) is 0 Å². The lowest BCUT2D eigenvalue weighted by Gasteiger charge is -2.21. The van der Waals surface area contributed by atoms with Crippen molar-refractivity contribution in [2.45, 2.75) is 24.7 Å². The summed E-state index contributed by atoms with van der Waals surface area (Å²) in [5.41, 5.74) is 1.27. The molecule has 1 saturated heterocycles. The smallest absolute Gasteiger partial charge is 0.118 e. The highest BCUT2D eigenvalue weighted by Crippen LogP contribution is 2.19. The van der Waals surface area contributed by atoms with Gasteiger partial charge in [-0.1, -0.05) is 12.1 Å². The van der Waals surface area contributed by atoms with E-state index in [4.69, 9.17) is 14.2 Å². The van der Waals surface area contributed by atoms with Gasteiger partial charge in [0.15, 0.2) is 0 Å². The Balaban J connectivity index is 2.00. The highest BCUT2D eigenvalue weighted by Gasteiger charge is 2.35. The van der Waals surface area contributed by atoms with Gasteiger partial charge in [0.05, 0.1) is 13.2 Å². The van der Waals surface area contributed by atoms with Crippen molar-refractivity contribution in [1.82, 2.24) is 5.32 Å². The van der Waals surface area contributed by atoms with Crippen LogP contribution in [0.1, 0.15) is 5.56 Å². The maximum atomic E-state index is 5.53. The van der Waals surface area contributed by atoms with Gasteiger partial charge < -0.3 is 19.5 Å². The van der Waals surface area contributed by atoms with E-state index < -0.39 is 0 Å². The number of rotatable bonds is 5. The van der Waals surface area contributed by atoms with Crippen LogP contribution in [0.4, 0.5) is 0 Å². The predicted octanol–water partition coefficient (Wildman–Crippen LogP) is 1.24. The molecule has 2 rings (SSSR count). The van der Waals surface area contributed by atoms with Crippen LogP contribution >= 0.6 is 0 Å². The molecule has 1 N–H and O–H groups in total. The maximum absolute atomic E-state index is 5.53.